The van der Waals surface area contributed by atoms with Crippen LogP contribution in [0.15, 0.2) is 60.7 Å². The van der Waals surface area contributed by atoms with Crippen molar-refractivity contribution >= 4 is 23.7 Å². The molecule has 1 aliphatic heterocycles. The Bertz CT molecular complexity index is 774. The fourth-order valence-corrected chi connectivity index (χ4v) is 4.05. The lowest BCUT2D eigenvalue weighted by molar-refractivity contribution is -0.139. The van der Waals surface area contributed by atoms with Crippen LogP contribution in [0.5, 0.6) is 0 Å². The minimum Gasteiger partial charge on any atom is -0.322 e. The number of thioether (sulfide) groups is 1. The van der Waals surface area contributed by atoms with E-state index in [0.29, 0.717) is 12.3 Å². The van der Waals surface area contributed by atoms with Crippen LogP contribution in [-0.2, 0) is 11.0 Å². The molecule has 0 spiro atoms. The largest absolute Gasteiger partial charge is 0.416 e. The van der Waals surface area contributed by atoms with Gasteiger partial charge in [-0.25, -0.2) is 0 Å². The molecule has 1 unspecified atom stereocenters. The highest BCUT2D eigenvalue weighted by atomic mass is 32.2. The number of nitrogens with zero attached hydrogens (tertiary/aromatic N) is 1. The minimum atomic E-state index is -4.44. The first-order valence-corrected chi connectivity index (χ1v) is 8.83. The normalized spacial score (nSPS) is 18.0. The topological polar surface area (TPSA) is 20.3 Å². The molecule has 1 amide bonds. The molecule has 2 nitrogen and oxygen atoms in total. The van der Waals surface area contributed by atoms with Crippen LogP contribution in [0.4, 0.5) is 13.2 Å². The smallest absolute Gasteiger partial charge is 0.322 e. The zero-order chi connectivity index (χ0) is 17.9. The molecule has 0 aliphatic carbocycles. The Morgan fingerprint density at radius 3 is 2.48 bits per heavy atom. The molecule has 2 aromatic carbocycles. The van der Waals surface area contributed by atoms with Gasteiger partial charge in [-0.05, 0) is 23.3 Å². The Morgan fingerprint density at radius 1 is 1.08 bits per heavy atom. The molecule has 0 saturated carbocycles. The summed E-state index contributed by atoms with van der Waals surface area (Å²) in [7, 11) is 0. The molecule has 1 atom stereocenters. The van der Waals surface area contributed by atoms with Gasteiger partial charge in [-0.1, -0.05) is 48.5 Å². The predicted octanol–water partition coefficient (Wildman–Crippen LogP) is 4.99. The summed E-state index contributed by atoms with van der Waals surface area (Å²) in [5.74, 6) is 0.331. The van der Waals surface area contributed by atoms with Crippen molar-refractivity contribution in [2.75, 3.05) is 12.3 Å². The maximum atomic E-state index is 13.3. The number of alkyl halides is 3. The molecule has 0 radical (unpaired) electrons. The van der Waals surface area contributed by atoms with Gasteiger partial charge in [-0.3, -0.25) is 4.79 Å². The standard InChI is InChI=1S/C19H16F3NOS/c20-19(21,22)16-9-5-4-8-15(16)18-23(12-13-25-18)17(24)11-10-14-6-2-1-3-7-14/h1-11,18H,12-13H2. The molecule has 25 heavy (non-hydrogen) atoms. The number of rotatable bonds is 3. The molecular weight excluding hydrogens is 347 g/mol. The van der Waals surface area contributed by atoms with Crippen molar-refractivity contribution in [3.63, 3.8) is 0 Å². The maximum Gasteiger partial charge on any atom is 0.416 e. The summed E-state index contributed by atoms with van der Waals surface area (Å²) in [6.07, 6.45) is -1.34. The zero-order valence-electron chi connectivity index (χ0n) is 13.2. The lowest BCUT2D eigenvalue weighted by Crippen LogP contribution is -2.29. The van der Waals surface area contributed by atoms with Crippen molar-refractivity contribution in [2.45, 2.75) is 11.6 Å². The summed E-state index contributed by atoms with van der Waals surface area (Å²) in [5, 5.41) is -0.620. The van der Waals surface area contributed by atoms with Crippen LogP contribution in [0.3, 0.4) is 0 Å². The fourth-order valence-electron chi connectivity index (χ4n) is 2.75. The van der Waals surface area contributed by atoms with Crippen molar-refractivity contribution in [2.24, 2.45) is 0 Å². The van der Waals surface area contributed by atoms with E-state index in [9.17, 15) is 18.0 Å². The van der Waals surface area contributed by atoms with Crippen molar-refractivity contribution in [1.29, 1.82) is 0 Å². The molecule has 0 aromatic heterocycles. The van der Waals surface area contributed by atoms with Crippen LogP contribution in [0.25, 0.3) is 6.08 Å². The molecular formula is C19H16F3NOS. The van der Waals surface area contributed by atoms with Crippen molar-refractivity contribution in [1.82, 2.24) is 4.90 Å². The van der Waals surface area contributed by atoms with Crippen molar-refractivity contribution in [3.8, 4) is 0 Å². The first kappa shape index (κ1) is 17.6. The van der Waals surface area contributed by atoms with Crippen LogP contribution in [0.2, 0.25) is 0 Å². The molecule has 2 aromatic rings. The molecule has 0 N–H and O–H groups in total. The van der Waals surface area contributed by atoms with Gasteiger partial charge in [0, 0.05) is 18.4 Å². The lowest BCUT2D eigenvalue weighted by atomic mass is 10.1. The molecule has 130 valence electrons. The second kappa shape index (κ2) is 7.35. The number of hydrogen-bond acceptors (Lipinski definition) is 2. The third-order valence-corrected chi connectivity index (χ3v) is 5.17. The Kier molecular flexibility index (Phi) is 5.18. The van der Waals surface area contributed by atoms with E-state index < -0.39 is 17.1 Å². The Hall–Kier alpha value is -2.21. The highest BCUT2D eigenvalue weighted by molar-refractivity contribution is 7.99. The van der Waals surface area contributed by atoms with E-state index in [0.717, 1.165) is 11.6 Å². The van der Waals surface area contributed by atoms with E-state index in [-0.39, 0.29) is 11.5 Å². The number of amides is 1. The van der Waals surface area contributed by atoms with Gasteiger partial charge in [0.1, 0.15) is 5.37 Å². The summed E-state index contributed by atoms with van der Waals surface area (Å²) in [4.78, 5) is 14.0. The highest BCUT2D eigenvalue weighted by Crippen LogP contribution is 2.43. The van der Waals surface area contributed by atoms with Crippen LogP contribution in [0, 0.1) is 0 Å². The van der Waals surface area contributed by atoms with E-state index in [1.807, 2.05) is 30.3 Å². The zero-order valence-corrected chi connectivity index (χ0v) is 14.1. The van der Waals surface area contributed by atoms with E-state index in [1.54, 1.807) is 12.1 Å². The van der Waals surface area contributed by atoms with Crippen molar-refractivity contribution in [3.05, 3.63) is 77.4 Å². The van der Waals surface area contributed by atoms with E-state index in [2.05, 4.69) is 0 Å². The number of carbonyl (C=O) groups excluding carboxylic acids is 1. The van der Waals surface area contributed by atoms with E-state index in [1.165, 1.54) is 34.9 Å². The van der Waals surface area contributed by atoms with Gasteiger partial charge in [0.2, 0.25) is 5.91 Å². The summed E-state index contributed by atoms with van der Waals surface area (Å²) in [6, 6.07) is 14.8. The Labute approximate surface area is 148 Å². The Balaban J connectivity index is 1.84. The molecule has 1 aliphatic rings. The Morgan fingerprint density at radius 2 is 1.76 bits per heavy atom. The molecule has 0 bridgehead atoms. The first-order valence-electron chi connectivity index (χ1n) is 7.78. The second-order valence-corrected chi connectivity index (χ2v) is 6.77. The minimum absolute atomic E-state index is 0.138. The summed E-state index contributed by atoms with van der Waals surface area (Å²) in [6.45, 7) is 0.430. The van der Waals surface area contributed by atoms with Gasteiger partial charge in [-0.15, -0.1) is 11.8 Å². The third-order valence-electron chi connectivity index (χ3n) is 3.92. The molecule has 6 heteroatoms. The van der Waals surface area contributed by atoms with Crippen LogP contribution >= 0.6 is 11.8 Å². The molecule has 3 rings (SSSR count). The SMILES string of the molecule is O=C(C=Cc1ccccc1)N1CCSC1c1ccccc1C(F)(F)F. The van der Waals surface area contributed by atoms with E-state index in [4.69, 9.17) is 0 Å². The van der Waals surface area contributed by atoms with Crippen LogP contribution in [0.1, 0.15) is 22.1 Å². The first-order chi connectivity index (χ1) is 12.0. The predicted molar refractivity (Wildman–Crippen MR) is 93.8 cm³/mol. The average molecular weight is 363 g/mol. The highest BCUT2D eigenvalue weighted by Gasteiger charge is 2.38. The van der Waals surface area contributed by atoms with Gasteiger partial charge in [-0.2, -0.15) is 13.2 Å². The third kappa shape index (κ3) is 4.07. The quantitative estimate of drug-likeness (QED) is 0.716. The van der Waals surface area contributed by atoms with Gasteiger partial charge >= 0.3 is 6.18 Å². The lowest BCUT2D eigenvalue weighted by Gasteiger charge is -2.25. The monoisotopic (exact) mass is 363 g/mol. The van der Waals surface area contributed by atoms with Gasteiger partial charge < -0.3 is 4.90 Å². The second-order valence-electron chi connectivity index (χ2n) is 5.58. The van der Waals surface area contributed by atoms with Gasteiger partial charge in [0.05, 0.1) is 5.56 Å². The molecule has 1 heterocycles. The number of halogens is 3. The summed E-state index contributed by atoms with van der Waals surface area (Å²) in [5.41, 5.74) is 0.327. The van der Waals surface area contributed by atoms with Crippen LogP contribution in [-0.4, -0.2) is 23.1 Å². The maximum absolute atomic E-state index is 13.3. The van der Waals surface area contributed by atoms with Crippen LogP contribution < -0.4 is 0 Å². The summed E-state index contributed by atoms with van der Waals surface area (Å²) < 4.78 is 39.8. The number of benzene rings is 2. The summed E-state index contributed by atoms with van der Waals surface area (Å²) >= 11 is 1.36. The van der Waals surface area contributed by atoms with Crippen molar-refractivity contribution < 1.29 is 18.0 Å². The number of hydrogen-bond donors (Lipinski definition) is 0. The van der Waals surface area contributed by atoms with Gasteiger partial charge in [0.25, 0.3) is 0 Å². The fraction of sp³-hybridized carbons (Fsp3) is 0.211. The van der Waals surface area contributed by atoms with E-state index >= 15 is 0 Å². The average Bonchev–Trinajstić information content (AvgIpc) is 3.09. The number of carbonyl (C=O) groups is 1. The molecule has 1 saturated heterocycles. The van der Waals surface area contributed by atoms with Gasteiger partial charge in [0.15, 0.2) is 0 Å². The molecule has 1 fully saturated rings.